The van der Waals surface area contributed by atoms with E-state index in [1.165, 1.54) is 32.4 Å². The zero-order valence-electron chi connectivity index (χ0n) is 13.9. The fourth-order valence-electron chi connectivity index (χ4n) is 3.73. The molecule has 21 heavy (non-hydrogen) atoms. The highest BCUT2D eigenvalue weighted by Gasteiger charge is 2.30. The van der Waals surface area contributed by atoms with Gasteiger partial charge in [-0.3, -0.25) is 4.79 Å². The second-order valence-electron chi connectivity index (χ2n) is 6.88. The highest BCUT2D eigenvalue weighted by molar-refractivity contribution is 5.72. The van der Waals surface area contributed by atoms with Crippen molar-refractivity contribution in [2.24, 2.45) is 5.92 Å². The smallest absolute Gasteiger partial charge is 0.308 e. The maximum Gasteiger partial charge on any atom is 0.308 e. The van der Waals surface area contributed by atoms with Crippen molar-refractivity contribution in [3.8, 4) is 0 Å². The second kappa shape index (κ2) is 8.14. The molecule has 0 amide bonds. The topological polar surface area (TPSA) is 41.6 Å². The standard InChI is InChI=1S/C17H32N2O2/c1-4-21-17(20)14-6-5-7-16(12-14)18-15-8-10-19(11-9-15)13(2)3/h13-16,18H,4-12H2,1-3H3. The molecule has 2 fully saturated rings. The van der Waals surface area contributed by atoms with Crippen molar-refractivity contribution < 1.29 is 9.53 Å². The highest BCUT2D eigenvalue weighted by atomic mass is 16.5. The van der Waals surface area contributed by atoms with Gasteiger partial charge in [0.2, 0.25) is 0 Å². The van der Waals surface area contributed by atoms with Gasteiger partial charge in [0.15, 0.2) is 0 Å². The molecule has 0 aromatic rings. The second-order valence-corrected chi connectivity index (χ2v) is 6.88. The van der Waals surface area contributed by atoms with Gasteiger partial charge >= 0.3 is 5.97 Å². The van der Waals surface area contributed by atoms with E-state index in [1.807, 2.05) is 6.92 Å². The van der Waals surface area contributed by atoms with Gasteiger partial charge in [0.25, 0.3) is 0 Å². The van der Waals surface area contributed by atoms with E-state index in [9.17, 15) is 4.79 Å². The number of nitrogens with one attached hydrogen (secondary N) is 1. The summed E-state index contributed by atoms with van der Waals surface area (Å²) in [6, 6.07) is 1.79. The molecule has 1 aliphatic carbocycles. The van der Waals surface area contributed by atoms with Crippen LogP contribution in [0.4, 0.5) is 0 Å². The lowest BCUT2D eigenvalue weighted by atomic mass is 9.85. The summed E-state index contributed by atoms with van der Waals surface area (Å²) in [5, 5.41) is 3.81. The van der Waals surface area contributed by atoms with Crippen LogP contribution >= 0.6 is 0 Å². The third-order valence-corrected chi connectivity index (χ3v) is 5.03. The van der Waals surface area contributed by atoms with E-state index in [0.717, 1.165) is 19.3 Å². The highest BCUT2D eigenvalue weighted by Crippen LogP contribution is 2.26. The Balaban J connectivity index is 1.74. The molecule has 2 rings (SSSR count). The van der Waals surface area contributed by atoms with E-state index in [0.29, 0.717) is 24.7 Å². The van der Waals surface area contributed by atoms with Gasteiger partial charge in [-0.15, -0.1) is 0 Å². The molecule has 0 spiro atoms. The molecule has 0 aromatic carbocycles. The van der Waals surface area contributed by atoms with Crippen LogP contribution in [0.1, 0.15) is 59.3 Å². The SMILES string of the molecule is CCOC(=O)C1CCCC(NC2CCN(C(C)C)CC2)C1. The predicted molar refractivity (Wildman–Crippen MR) is 85.2 cm³/mol. The van der Waals surface area contributed by atoms with Gasteiger partial charge in [-0.05, 0) is 66.0 Å². The lowest BCUT2D eigenvalue weighted by molar-refractivity contribution is -0.149. The zero-order chi connectivity index (χ0) is 15.2. The Morgan fingerprint density at radius 1 is 1.19 bits per heavy atom. The van der Waals surface area contributed by atoms with Crippen LogP contribution in [-0.4, -0.2) is 48.7 Å². The molecule has 0 radical (unpaired) electrons. The maximum absolute atomic E-state index is 11.9. The van der Waals surface area contributed by atoms with Gasteiger partial charge in [0, 0.05) is 18.1 Å². The number of likely N-dealkylation sites (tertiary alicyclic amines) is 1. The van der Waals surface area contributed by atoms with Crippen LogP contribution in [0.25, 0.3) is 0 Å². The van der Waals surface area contributed by atoms with Crippen LogP contribution in [0.3, 0.4) is 0 Å². The third-order valence-electron chi connectivity index (χ3n) is 5.03. The number of carbonyl (C=O) groups excluding carboxylic acids is 1. The van der Waals surface area contributed by atoms with E-state index in [-0.39, 0.29) is 11.9 Å². The minimum atomic E-state index is 0.0126. The largest absolute Gasteiger partial charge is 0.466 e. The van der Waals surface area contributed by atoms with E-state index in [1.54, 1.807) is 0 Å². The average molecular weight is 296 g/mol. The van der Waals surface area contributed by atoms with Crippen LogP contribution in [-0.2, 0) is 9.53 Å². The van der Waals surface area contributed by atoms with Crippen molar-refractivity contribution in [3.63, 3.8) is 0 Å². The van der Waals surface area contributed by atoms with E-state index < -0.39 is 0 Å². The zero-order valence-corrected chi connectivity index (χ0v) is 13.9. The molecule has 0 aromatic heterocycles. The van der Waals surface area contributed by atoms with Gasteiger partial charge in [0.1, 0.15) is 0 Å². The summed E-state index contributed by atoms with van der Waals surface area (Å²) in [6.45, 7) is 9.34. The van der Waals surface area contributed by atoms with E-state index in [2.05, 4.69) is 24.1 Å². The van der Waals surface area contributed by atoms with Gasteiger partial charge in [0.05, 0.1) is 12.5 Å². The molecular weight excluding hydrogens is 264 g/mol. The quantitative estimate of drug-likeness (QED) is 0.792. The lowest BCUT2D eigenvalue weighted by Gasteiger charge is -2.38. The first-order chi connectivity index (χ1) is 10.1. The summed E-state index contributed by atoms with van der Waals surface area (Å²) >= 11 is 0. The Labute approximate surface area is 129 Å². The molecule has 2 aliphatic rings. The summed E-state index contributed by atoms with van der Waals surface area (Å²) in [5.74, 6) is 0.130. The van der Waals surface area contributed by atoms with Crippen molar-refractivity contribution in [3.05, 3.63) is 0 Å². The van der Waals surface area contributed by atoms with Gasteiger partial charge in [-0.25, -0.2) is 0 Å². The first-order valence-corrected chi connectivity index (χ1v) is 8.76. The van der Waals surface area contributed by atoms with Gasteiger partial charge < -0.3 is 15.0 Å². The third kappa shape index (κ3) is 4.96. The number of hydrogen-bond acceptors (Lipinski definition) is 4. The Morgan fingerprint density at radius 3 is 2.52 bits per heavy atom. The fourth-order valence-corrected chi connectivity index (χ4v) is 3.73. The minimum absolute atomic E-state index is 0.0126. The first-order valence-electron chi connectivity index (χ1n) is 8.76. The molecule has 4 nitrogen and oxygen atoms in total. The first kappa shape index (κ1) is 16.8. The van der Waals surface area contributed by atoms with Crippen molar-refractivity contribution in [1.29, 1.82) is 0 Å². The number of hydrogen-bond donors (Lipinski definition) is 1. The lowest BCUT2D eigenvalue weighted by Crippen LogP contribution is -2.49. The minimum Gasteiger partial charge on any atom is -0.466 e. The van der Waals surface area contributed by atoms with Crippen LogP contribution in [0.15, 0.2) is 0 Å². The van der Waals surface area contributed by atoms with Crippen LogP contribution < -0.4 is 5.32 Å². The van der Waals surface area contributed by atoms with Crippen molar-refractivity contribution >= 4 is 5.97 Å². The van der Waals surface area contributed by atoms with E-state index in [4.69, 9.17) is 4.74 Å². The molecule has 2 atom stereocenters. The number of carbonyl (C=O) groups is 1. The summed E-state index contributed by atoms with van der Waals surface area (Å²) in [7, 11) is 0. The molecule has 0 bridgehead atoms. The van der Waals surface area contributed by atoms with Crippen molar-refractivity contribution in [2.75, 3.05) is 19.7 Å². The number of ether oxygens (including phenoxy) is 1. The maximum atomic E-state index is 11.9. The Hall–Kier alpha value is -0.610. The molecule has 122 valence electrons. The number of nitrogens with zero attached hydrogens (tertiary/aromatic N) is 1. The number of rotatable bonds is 5. The van der Waals surface area contributed by atoms with Crippen molar-refractivity contribution in [1.82, 2.24) is 10.2 Å². The van der Waals surface area contributed by atoms with Crippen LogP contribution in [0.2, 0.25) is 0 Å². The molecule has 2 unspecified atom stereocenters. The molecule has 1 saturated heterocycles. The van der Waals surface area contributed by atoms with Gasteiger partial charge in [-0.1, -0.05) is 6.42 Å². The normalized spacial score (nSPS) is 28.8. The Kier molecular flexibility index (Phi) is 6.49. The Bertz CT molecular complexity index is 325. The monoisotopic (exact) mass is 296 g/mol. The van der Waals surface area contributed by atoms with Crippen molar-refractivity contribution in [2.45, 2.75) is 77.4 Å². The molecular formula is C17H32N2O2. The molecule has 1 saturated carbocycles. The summed E-state index contributed by atoms with van der Waals surface area (Å²) < 4.78 is 5.19. The van der Waals surface area contributed by atoms with E-state index >= 15 is 0 Å². The van der Waals surface area contributed by atoms with Crippen LogP contribution in [0.5, 0.6) is 0 Å². The number of esters is 1. The Morgan fingerprint density at radius 2 is 1.90 bits per heavy atom. The summed E-state index contributed by atoms with van der Waals surface area (Å²) in [6.07, 6.45) is 6.79. The fraction of sp³-hybridized carbons (Fsp3) is 0.941. The molecule has 1 aliphatic heterocycles. The predicted octanol–water partition coefficient (Wildman–Crippen LogP) is 2.57. The van der Waals surface area contributed by atoms with Crippen LogP contribution in [0, 0.1) is 5.92 Å². The summed E-state index contributed by atoms with van der Waals surface area (Å²) in [4.78, 5) is 14.5. The average Bonchev–Trinajstić information content (AvgIpc) is 2.48. The molecule has 1 heterocycles. The molecule has 4 heteroatoms. The summed E-state index contributed by atoms with van der Waals surface area (Å²) in [5.41, 5.74) is 0. The van der Waals surface area contributed by atoms with Gasteiger partial charge in [-0.2, -0.15) is 0 Å². The number of piperidine rings is 1. The molecule has 1 N–H and O–H groups in total.